The van der Waals surface area contributed by atoms with Gasteiger partial charge in [-0.2, -0.15) is 0 Å². The van der Waals surface area contributed by atoms with Crippen molar-refractivity contribution < 1.29 is 0 Å². The fourth-order valence-corrected chi connectivity index (χ4v) is 4.41. The third-order valence-electron chi connectivity index (χ3n) is 2.89. The summed E-state index contributed by atoms with van der Waals surface area (Å²) in [7, 11) is 0. The molecule has 0 aliphatic rings. The lowest BCUT2D eigenvalue weighted by Gasteiger charge is -2.02. The quantitative estimate of drug-likeness (QED) is 0.466. The number of hydrogen-bond acceptors (Lipinski definition) is 3. The summed E-state index contributed by atoms with van der Waals surface area (Å²) in [6.45, 7) is 0. The van der Waals surface area contributed by atoms with Crippen LogP contribution in [0.5, 0.6) is 0 Å². The SMILES string of the molecule is Clc1ccccc1SCc1nc(-c2ccccc2Br)cs1. The van der Waals surface area contributed by atoms with E-state index in [1.54, 1.807) is 23.1 Å². The van der Waals surface area contributed by atoms with Gasteiger partial charge in [0.1, 0.15) is 5.01 Å². The smallest absolute Gasteiger partial charge is 0.104 e. The van der Waals surface area contributed by atoms with Gasteiger partial charge < -0.3 is 0 Å². The first-order chi connectivity index (χ1) is 10.2. The van der Waals surface area contributed by atoms with Crippen molar-refractivity contribution in [2.45, 2.75) is 10.6 Å². The fourth-order valence-electron chi connectivity index (χ4n) is 1.87. The highest BCUT2D eigenvalue weighted by Crippen LogP contribution is 2.33. The number of benzene rings is 2. The average molecular weight is 397 g/mol. The van der Waals surface area contributed by atoms with Gasteiger partial charge >= 0.3 is 0 Å². The largest absolute Gasteiger partial charge is 0.240 e. The minimum absolute atomic E-state index is 0.796. The van der Waals surface area contributed by atoms with Crippen molar-refractivity contribution in [1.82, 2.24) is 4.98 Å². The number of thioether (sulfide) groups is 1. The van der Waals surface area contributed by atoms with Gasteiger partial charge in [0.15, 0.2) is 0 Å². The number of nitrogens with zero attached hydrogens (tertiary/aromatic N) is 1. The lowest BCUT2D eigenvalue weighted by atomic mass is 10.2. The number of halogens is 2. The number of aromatic nitrogens is 1. The van der Waals surface area contributed by atoms with Gasteiger partial charge in [-0.3, -0.25) is 0 Å². The van der Waals surface area contributed by atoms with Gasteiger partial charge in [-0.15, -0.1) is 23.1 Å². The van der Waals surface area contributed by atoms with Crippen LogP contribution in [0.25, 0.3) is 11.3 Å². The summed E-state index contributed by atoms with van der Waals surface area (Å²) in [6.07, 6.45) is 0. The van der Waals surface area contributed by atoms with Crippen LogP contribution < -0.4 is 0 Å². The van der Waals surface area contributed by atoms with Crippen molar-refractivity contribution in [1.29, 1.82) is 0 Å². The van der Waals surface area contributed by atoms with E-state index >= 15 is 0 Å². The summed E-state index contributed by atoms with van der Waals surface area (Å²) in [5.74, 6) is 0.832. The van der Waals surface area contributed by atoms with Crippen molar-refractivity contribution in [3.05, 3.63) is 68.4 Å². The molecule has 0 fully saturated rings. The molecule has 0 spiro atoms. The van der Waals surface area contributed by atoms with Crippen LogP contribution in [0.2, 0.25) is 5.02 Å². The summed E-state index contributed by atoms with van der Waals surface area (Å²) in [5.41, 5.74) is 2.14. The maximum atomic E-state index is 6.17. The van der Waals surface area contributed by atoms with Gasteiger partial charge in [-0.25, -0.2) is 4.98 Å². The normalized spacial score (nSPS) is 10.8. The molecule has 0 atom stereocenters. The molecule has 3 rings (SSSR count). The summed E-state index contributed by atoms with van der Waals surface area (Å²) in [5, 5.41) is 4.00. The molecule has 0 amide bonds. The Labute approximate surface area is 145 Å². The molecule has 0 aliphatic heterocycles. The van der Waals surface area contributed by atoms with E-state index in [4.69, 9.17) is 16.6 Å². The van der Waals surface area contributed by atoms with Crippen LogP contribution in [0.4, 0.5) is 0 Å². The molecule has 0 radical (unpaired) electrons. The molecular weight excluding hydrogens is 386 g/mol. The first-order valence-corrected chi connectivity index (χ1v) is 9.34. The zero-order valence-electron chi connectivity index (χ0n) is 10.9. The number of hydrogen-bond donors (Lipinski definition) is 0. The molecule has 1 aromatic heterocycles. The molecule has 5 heteroatoms. The molecule has 1 nitrogen and oxygen atoms in total. The minimum Gasteiger partial charge on any atom is -0.240 e. The second kappa shape index (κ2) is 6.97. The van der Waals surface area contributed by atoms with Crippen molar-refractivity contribution >= 4 is 50.6 Å². The molecule has 106 valence electrons. The van der Waals surface area contributed by atoms with E-state index in [-0.39, 0.29) is 0 Å². The van der Waals surface area contributed by atoms with Crippen LogP contribution in [-0.4, -0.2) is 4.98 Å². The number of thiazole rings is 1. The summed E-state index contributed by atoms with van der Waals surface area (Å²) < 4.78 is 1.07. The Kier molecular flexibility index (Phi) is 5.01. The molecule has 0 saturated heterocycles. The highest BCUT2D eigenvalue weighted by molar-refractivity contribution is 9.10. The standard InChI is InChI=1S/C16H11BrClNS2/c17-12-6-2-1-5-11(12)14-9-21-16(19-14)10-20-15-8-4-3-7-13(15)18/h1-9H,10H2. The van der Waals surface area contributed by atoms with E-state index < -0.39 is 0 Å². The van der Waals surface area contributed by atoms with Crippen LogP contribution in [-0.2, 0) is 5.75 Å². The molecule has 0 bridgehead atoms. The highest BCUT2D eigenvalue weighted by Gasteiger charge is 2.08. The van der Waals surface area contributed by atoms with Crippen LogP contribution >= 0.6 is 50.6 Å². The van der Waals surface area contributed by atoms with E-state index in [0.717, 1.165) is 36.4 Å². The Morgan fingerprint density at radius 2 is 1.86 bits per heavy atom. The molecule has 1 heterocycles. The van der Waals surface area contributed by atoms with Crippen molar-refractivity contribution in [3.63, 3.8) is 0 Å². The zero-order chi connectivity index (χ0) is 14.7. The van der Waals surface area contributed by atoms with Crippen LogP contribution in [0, 0.1) is 0 Å². The third kappa shape index (κ3) is 3.69. The monoisotopic (exact) mass is 395 g/mol. The van der Waals surface area contributed by atoms with Crippen LogP contribution in [0.3, 0.4) is 0 Å². The van der Waals surface area contributed by atoms with Gasteiger partial charge in [0, 0.05) is 20.3 Å². The van der Waals surface area contributed by atoms with E-state index in [2.05, 4.69) is 27.4 Å². The second-order valence-electron chi connectivity index (χ2n) is 4.33. The van der Waals surface area contributed by atoms with E-state index in [1.807, 2.05) is 42.5 Å². The van der Waals surface area contributed by atoms with Gasteiger partial charge in [0.2, 0.25) is 0 Å². The van der Waals surface area contributed by atoms with Crippen LogP contribution in [0.1, 0.15) is 5.01 Å². The molecule has 0 saturated carbocycles. The Bertz CT molecular complexity index is 757. The molecule has 0 aliphatic carbocycles. The van der Waals surface area contributed by atoms with Crippen molar-refractivity contribution in [2.24, 2.45) is 0 Å². The lowest BCUT2D eigenvalue weighted by Crippen LogP contribution is -1.83. The Morgan fingerprint density at radius 3 is 2.67 bits per heavy atom. The van der Waals surface area contributed by atoms with Gasteiger partial charge in [0.05, 0.1) is 16.5 Å². The Hall–Kier alpha value is -0.810. The fraction of sp³-hybridized carbons (Fsp3) is 0.0625. The van der Waals surface area contributed by atoms with Crippen molar-refractivity contribution in [3.8, 4) is 11.3 Å². The molecular formula is C16H11BrClNS2. The predicted octanol–water partition coefficient (Wildman–Crippen LogP) is 6.52. The van der Waals surface area contributed by atoms with Crippen molar-refractivity contribution in [2.75, 3.05) is 0 Å². The average Bonchev–Trinajstić information content (AvgIpc) is 2.96. The van der Waals surface area contributed by atoms with E-state index in [0.29, 0.717) is 0 Å². The van der Waals surface area contributed by atoms with Crippen LogP contribution in [0.15, 0.2) is 63.3 Å². The van der Waals surface area contributed by atoms with Gasteiger partial charge in [-0.1, -0.05) is 57.9 Å². The molecule has 21 heavy (non-hydrogen) atoms. The Morgan fingerprint density at radius 1 is 1.10 bits per heavy atom. The zero-order valence-corrected chi connectivity index (χ0v) is 14.9. The van der Waals surface area contributed by atoms with Gasteiger partial charge in [-0.05, 0) is 18.2 Å². The lowest BCUT2D eigenvalue weighted by molar-refractivity contribution is 1.26. The number of rotatable bonds is 4. The summed E-state index contributed by atoms with van der Waals surface area (Å²) in [4.78, 5) is 5.80. The Balaban J connectivity index is 1.74. The maximum Gasteiger partial charge on any atom is 0.104 e. The molecule has 0 N–H and O–H groups in total. The van der Waals surface area contributed by atoms with E-state index in [9.17, 15) is 0 Å². The topological polar surface area (TPSA) is 12.9 Å². The maximum absolute atomic E-state index is 6.17. The molecule has 2 aromatic carbocycles. The minimum atomic E-state index is 0.796. The molecule has 3 aromatic rings. The first-order valence-electron chi connectivity index (χ1n) is 6.30. The first kappa shape index (κ1) is 15.1. The summed E-state index contributed by atoms with van der Waals surface area (Å²) >= 11 is 13.1. The third-order valence-corrected chi connectivity index (χ3v) is 6.14. The van der Waals surface area contributed by atoms with E-state index in [1.165, 1.54) is 0 Å². The molecule has 0 unspecified atom stereocenters. The second-order valence-corrected chi connectivity index (χ2v) is 7.55. The summed E-state index contributed by atoms with van der Waals surface area (Å²) in [6, 6.07) is 16.0. The predicted molar refractivity (Wildman–Crippen MR) is 96.3 cm³/mol. The highest BCUT2D eigenvalue weighted by atomic mass is 79.9. The van der Waals surface area contributed by atoms with Gasteiger partial charge in [0.25, 0.3) is 0 Å².